The van der Waals surface area contributed by atoms with E-state index in [1.165, 1.54) is 12.1 Å². The first kappa shape index (κ1) is 9.73. The van der Waals surface area contributed by atoms with Crippen molar-refractivity contribution < 1.29 is 4.92 Å². The summed E-state index contributed by atoms with van der Waals surface area (Å²) in [4.78, 5) is 9.92. The summed E-state index contributed by atoms with van der Waals surface area (Å²) < 4.78 is 0.952. The van der Waals surface area contributed by atoms with Crippen LogP contribution in [0.4, 0.5) is 5.69 Å². The monoisotopic (exact) mass is 297 g/mol. The second-order valence-electron chi connectivity index (χ2n) is 2.17. The van der Waals surface area contributed by atoms with E-state index in [4.69, 9.17) is 11.6 Å². The number of alkyl halides is 1. The predicted molar refractivity (Wildman–Crippen MR) is 55.4 cm³/mol. The molecule has 0 aromatic heterocycles. The number of nitro benzene ring substituents is 1. The van der Waals surface area contributed by atoms with E-state index in [-0.39, 0.29) is 5.69 Å². The van der Waals surface area contributed by atoms with Crippen molar-refractivity contribution in [2.75, 3.05) is 0 Å². The molecule has 1 aromatic rings. The highest BCUT2D eigenvalue weighted by Gasteiger charge is 2.07. The van der Waals surface area contributed by atoms with Gasteiger partial charge in [0.15, 0.2) is 0 Å². The quantitative estimate of drug-likeness (QED) is 0.364. The summed E-state index contributed by atoms with van der Waals surface area (Å²) in [6.07, 6.45) is 0. The Labute approximate surface area is 88.0 Å². The largest absolute Gasteiger partial charge is 0.269 e. The van der Waals surface area contributed by atoms with E-state index in [9.17, 15) is 10.1 Å². The van der Waals surface area contributed by atoms with Crippen LogP contribution >= 0.6 is 34.2 Å². The zero-order valence-corrected chi connectivity index (χ0v) is 8.87. The van der Waals surface area contributed by atoms with Crippen molar-refractivity contribution in [1.29, 1.82) is 0 Å². The van der Waals surface area contributed by atoms with Crippen LogP contribution in [0.2, 0.25) is 0 Å². The Morgan fingerprint density at radius 3 is 2.75 bits per heavy atom. The highest BCUT2D eigenvalue weighted by atomic mass is 127. The summed E-state index contributed by atoms with van der Waals surface area (Å²) in [5.74, 6) is 0.306. The summed E-state index contributed by atoms with van der Waals surface area (Å²) in [6.45, 7) is 0. The lowest BCUT2D eigenvalue weighted by molar-refractivity contribution is -0.384. The Bertz CT molecular complexity index is 316. The van der Waals surface area contributed by atoms with Gasteiger partial charge in [-0.1, -0.05) is 0 Å². The third-order valence-electron chi connectivity index (χ3n) is 1.38. The minimum Gasteiger partial charge on any atom is -0.258 e. The number of hydrogen-bond acceptors (Lipinski definition) is 2. The van der Waals surface area contributed by atoms with Gasteiger partial charge in [0, 0.05) is 21.6 Å². The van der Waals surface area contributed by atoms with E-state index in [0.717, 1.165) is 9.13 Å². The summed E-state index contributed by atoms with van der Waals surface area (Å²) in [6, 6.07) is 4.66. The molecule has 0 aliphatic rings. The molecule has 0 N–H and O–H groups in total. The summed E-state index contributed by atoms with van der Waals surface area (Å²) in [7, 11) is 0. The van der Waals surface area contributed by atoms with Crippen molar-refractivity contribution in [2.45, 2.75) is 5.88 Å². The van der Waals surface area contributed by atoms with Crippen LogP contribution in [0, 0.1) is 13.7 Å². The third-order valence-corrected chi connectivity index (χ3v) is 2.72. The average molecular weight is 297 g/mol. The second-order valence-corrected chi connectivity index (χ2v) is 3.60. The molecule has 64 valence electrons. The van der Waals surface area contributed by atoms with Gasteiger partial charge in [0.05, 0.1) is 4.92 Å². The van der Waals surface area contributed by atoms with Gasteiger partial charge in [-0.25, -0.2) is 0 Å². The van der Waals surface area contributed by atoms with Gasteiger partial charge < -0.3 is 0 Å². The molecule has 3 nitrogen and oxygen atoms in total. The van der Waals surface area contributed by atoms with Crippen LogP contribution in [0.15, 0.2) is 18.2 Å². The molecule has 0 saturated heterocycles. The fraction of sp³-hybridized carbons (Fsp3) is 0.143. The van der Waals surface area contributed by atoms with Crippen LogP contribution in [-0.4, -0.2) is 4.92 Å². The first-order chi connectivity index (χ1) is 5.65. The lowest BCUT2D eigenvalue weighted by Gasteiger charge is -1.98. The lowest BCUT2D eigenvalue weighted by atomic mass is 10.2. The van der Waals surface area contributed by atoms with E-state index in [1.807, 2.05) is 0 Å². The molecule has 0 amide bonds. The molecule has 5 heteroatoms. The molecule has 1 rings (SSSR count). The molecule has 0 spiro atoms. The van der Waals surface area contributed by atoms with Gasteiger partial charge in [-0.3, -0.25) is 10.1 Å². The maximum atomic E-state index is 10.3. The number of non-ortho nitro benzene ring substituents is 1. The Balaban J connectivity index is 3.13. The molecule has 0 radical (unpaired) electrons. The molecule has 0 heterocycles. The summed E-state index contributed by atoms with van der Waals surface area (Å²) in [5, 5.41) is 10.3. The van der Waals surface area contributed by atoms with Gasteiger partial charge in [-0.05, 0) is 34.2 Å². The standard InChI is InChI=1S/C7H5ClINO2/c8-4-5-3-6(10(11)12)1-2-7(5)9/h1-3H,4H2. The lowest BCUT2D eigenvalue weighted by Crippen LogP contribution is -1.91. The molecule has 1 aromatic carbocycles. The topological polar surface area (TPSA) is 43.1 Å². The number of hydrogen-bond donors (Lipinski definition) is 0. The second kappa shape index (κ2) is 4.04. The van der Waals surface area contributed by atoms with Crippen molar-refractivity contribution in [3.63, 3.8) is 0 Å². The molecule has 0 aliphatic heterocycles. The number of nitro groups is 1. The smallest absolute Gasteiger partial charge is 0.258 e. The average Bonchev–Trinajstić information content (AvgIpc) is 2.05. The molecule has 0 bridgehead atoms. The normalized spacial score (nSPS) is 9.83. The Kier molecular flexibility index (Phi) is 3.28. The zero-order chi connectivity index (χ0) is 9.14. The zero-order valence-electron chi connectivity index (χ0n) is 5.96. The third kappa shape index (κ3) is 2.07. The van der Waals surface area contributed by atoms with Gasteiger partial charge in [-0.2, -0.15) is 0 Å². The first-order valence-electron chi connectivity index (χ1n) is 3.14. The molecule has 0 saturated carbocycles. The van der Waals surface area contributed by atoms with Gasteiger partial charge >= 0.3 is 0 Å². The predicted octanol–water partition coefficient (Wildman–Crippen LogP) is 2.94. The molecular weight excluding hydrogens is 292 g/mol. The van der Waals surface area contributed by atoms with Crippen molar-refractivity contribution >= 4 is 39.9 Å². The van der Waals surface area contributed by atoms with Crippen molar-refractivity contribution in [3.05, 3.63) is 37.4 Å². The van der Waals surface area contributed by atoms with Gasteiger partial charge in [0.1, 0.15) is 0 Å². The van der Waals surface area contributed by atoms with Crippen LogP contribution in [0.5, 0.6) is 0 Å². The van der Waals surface area contributed by atoms with E-state index in [2.05, 4.69) is 22.6 Å². The van der Waals surface area contributed by atoms with E-state index in [0.29, 0.717) is 5.88 Å². The minimum atomic E-state index is -0.424. The molecular formula is C7H5ClINO2. The van der Waals surface area contributed by atoms with Crippen LogP contribution in [0.25, 0.3) is 0 Å². The number of nitrogens with zero attached hydrogens (tertiary/aromatic N) is 1. The van der Waals surface area contributed by atoms with Crippen LogP contribution in [-0.2, 0) is 5.88 Å². The highest BCUT2D eigenvalue weighted by Crippen LogP contribution is 2.20. The number of rotatable bonds is 2. The highest BCUT2D eigenvalue weighted by molar-refractivity contribution is 14.1. The summed E-state index contributed by atoms with van der Waals surface area (Å²) in [5.41, 5.74) is 0.887. The minimum absolute atomic E-state index is 0.0890. The maximum absolute atomic E-state index is 10.3. The fourth-order valence-corrected chi connectivity index (χ4v) is 1.75. The van der Waals surface area contributed by atoms with E-state index >= 15 is 0 Å². The Morgan fingerprint density at radius 1 is 1.58 bits per heavy atom. The number of halogens is 2. The maximum Gasteiger partial charge on any atom is 0.269 e. The Morgan fingerprint density at radius 2 is 2.25 bits per heavy atom. The molecule has 0 unspecified atom stereocenters. The molecule has 12 heavy (non-hydrogen) atoms. The van der Waals surface area contributed by atoms with Gasteiger partial charge in [0.2, 0.25) is 0 Å². The fourth-order valence-electron chi connectivity index (χ4n) is 0.777. The first-order valence-corrected chi connectivity index (χ1v) is 4.75. The van der Waals surface area contributed by atoms with Crippen molar-refractivity contribution in [1.82, 2.24) is 0 Å². The van der Waals surface area contributed by atoms with Crippen LogP contribution < -0.4 is 0 Å². The Hall–Kier alpha value is -0.360. The molecule has 0 atom stereocenters. The van der Waals surface area contributed by atoms with E-state index < -0.39 is 4.92 Å². The molecule has 0 fully saturated rings. The van der Waals surface area contributed by atoms with Crippen molar-refractivity contribution in [3.8, 4) is 0 Å². The van der Waals surface area contributed by atoms with Crippen LogP contribution in [0.3, 0.4) is 0 Å². The van der Waals surface area contributed by atoms with Gasteiger partial charge in [0.25, 0.3) is 5.69 Å². The summed E-state index contributed by atoms with van der Waals surface area (Å²) >= 11 is 7.67. The van der Waals surface area contributed by atoms with Gasteiger partial charge in [-0.15, -0.1) is 11.6 Å². The number of benzene rings is 1. The van der Waals surface area contributed by atoms with Crippen LogP contribution in [0.1, 0.15) is 5.56 Å². The SMILES string of the molecule is O=[N+]([O-])c1ccc(I)c(CCl)c1. The van der Waals surface area contributed by atoms with E-state index in [1.54, 1.807) is 6.07 Å². The van der Waals surface area contributed by atoms with Crippen molar-refractivity contribution in [2.24, 2.45) is 0 Å². The molecule has 0 aliphatic carbocycles.